The molecular weight excluding hydrogens is 391 g/mol. The zero-order valence-electron chi connectivity index (χ0n) is 16.0. The smallest absolute Gasteiger partial charge is 0.243 e. The number of halogens is 1. The molecule has 8 heteroatoms. The average Bonchev–Trinajstić information content (AvgIpc) is 3.16. The van der Waals surface area contributed by atoms with Crippen LogP contribution in [-0.4, -0.2) is 40.6 Å². The molecule has 2 heterocycles. The molecule has 1 aromatic heterocycles. The molecule has 1 saturated heterocycles. The molecule has 1 unspecified atom stereocenters. The third-order valence-electron chi connectivity index (χ3n) is 5.30. The van der Waals surface area contributed by atoms with Gasteiger partial charge in [0.05, 0.1) is 11.4 Å². The summed E-state index contributed by atoms with van der Waals surface area (Å²) >= 11 is 0. The van der Waals surface area contributed by atoms with Gasteiger partial charge in [-0.25, -0.2) is 12.8 Å². The molecule has 29 heavy (non-hydrogen) atoms. The summed E-state index contributed by atoms with van der Waals surface area (Å²) in [6.45, 7) is 1.60. The fourth-order valence-corrected chi connectivity index (χ4v) is 5.33. The molecule has 1 aliphatic rings. The van der Waals surface area contributed by atoms with Gasteiger partial charge in [-0.15, -0.1) is 10.2 Å². The Morgan fingerprint density at radius 3 is 2.59 bits per heavy atom. The van der Waals surface area contributed by atoms with Crippen molar-refractivity contribution in [1.29, 1.82) is 0 Å². The second-order valence-corrected chi connectivity index (χ2v) is 9.33. The molecule has 0 saturated carbocycles. The highest BCUT2D eigenvalue weighted by molar-refractivity contribution is 7.89. The van der Waals surface area contributed by atoms with Crippen LogP contribution in [-0.2, 0) is 23.0 Å². The summed E-state index contributed by atoms with van der Waals surface area (Å²) in [5.41, 5.74) is 1.16. The standard InChI is InChI=1S/C21H23FN4O2S/c22-19-8-10-20(11-9-19)29(27,28)26-12-4-7-18(15-26)13-21-24-23-16-25(21)14-17-5-2-1-3-6-17/h1-3,5-6,8-11,16,18H,4,7,12-15H2. The highest BCUT2D eigenvalue weighted by Crippen LogP contribution is 2.26. The van der Waals surface area contributed by atoms with Crippen LogP contribution >= 0.6 is 0 Å². The molecule has 1 fully saturated rings. The van der Waals surface area contributed by atoms with Crippen LogP contribution in [0.2, 0.25) is 0 Å². The van der Waals surface area contributed by atoms with Crippen LogP contribution in [0.15, 0.2) is 65.8 Å². The molecule has 3 aromatic rings. The molecule has 1 aliphatic heterocycles. The minimum absolute atomic E-state index is 0.131. The molecule has 0 N–H and O–H groups in total. The first kappa shape index (κ1) is 19.7. The van der Waals surface area contributed by atoms with Gasteiger partial charge < -0.3 is 4.57 Å². The molecular formula is C21H23FN4O2S. The first-order valence-electron chi connectivity index (χ1n) is 9.69. The van der Waals surface area contributed by atoms with Gasteiger partial charge in [0.2, 0.25) is 10.0 Å². The summed E-state index contributed by atoms with van der Waals surface area (Å²) in [6.07, 6.45) is 4.12. The van der Waals surface area contributed by atoms with Crippen molar-refractivity contribution in [2.75, 3.05) is 13.1 Å². The van der Waals surface area contributed by atoms with Crippen molar-refractivity contribution in [2.45, 2.75) is 30.7 Å². The fourth-order valence-electron chi connectivity index (χ4n) is 3.77. The number of hydrogen-bond acceptors (Lipinski definition) is 4. The number of piperidine rings is 1. The van der Waals surface area contributed by atoms with Gasteiger partial charge >= 0.3 is 0 Å². The molecule has 0 bridgehead atoms. The summed E-state index contributed by atoms with van der Waals surface area (Å²) in [5.74, 6) is 0.579. The second-order valence-electron chi connectivity index (χ2n) is 7.39. The van der Waals surface area contributed by atoms with Crippen LogP contribution in [0.3, 0.4) is 0 Å². The van der Waals surface area contributed by atoms with Crippen molar-refractivity contribution in [1.82, 2.24) is 19.1 Å². The van der Waals surface area contributed by atoms with Gasteiger partial charge in [-0.1, -0.05) is 30.3 Å². The molecule has 0 radical (unpaired) electrons. The number of rotatable bonds is 6. The number of aromatic nitrogens is 3. The Morgan fingerprint density at radius 2 is 1.83 bits per heavy atom. The monoisotopic (exact) mass is 414 g/mol. The Hall–Kier alpha value is -2.58. The van der Waals surface area contributed by atoms with Crippen molar-refractivity contribution in [3.63, 3.8) is 0 Å². The van der Waals surface area contributed by atoms with Crippen LogP contribution < -0.4 is 0 Å². The van der Waals surface area contributed by atoms with E-state index in [2.05, 4.69) is 22.3 Å². The lowest BCUT2D eigenvalue weighted by Gasteiger charge is -2.31. The predicted molar refractivity (Wildman–Crippen MR) is 107 cm³/mol. The van der Waals surface area contributed by atoms with Gasteiger partial charge in [-0.2, -0.15) is 4.31 Å². The van der Waals surface area contributed by atoms with E-state index in [9.17, 15) is 12.8 Å². The molecule has 0 aliphatic carbocycles. The maximum atomic E-state index is 13.2. The van der Waals surface area contributed by atoms with E-state index in [-0.39, 0.29) is 10.8 Å². The topological polar surface area (TPSA) is 68.1 Å². The predicted octanol–water partition coefficient (Wildman–Crippen LogP) is 3.11. The van der Waals surface area contributed by atoms with Crippen LogP contribution in [0.5, 0.6) is 0 Å². The van der Waals surface area contributed by atoms with E-state index >= 15 is 0 Å². The fraction of sp³-hybridized carbons (Fsp3) is 0.333. The molecule has 4 rings (SSSR count). The van der Waals surface area contributed by atoms with Crippen molar-refractivity contribution >= 4 is 10.0 Å². The van der Waals surface area contributed by atoms with E-state index in [1.165, 1.54) is 28.6 Å². The Bertz CT molecular complexity index is 1050. The highest BCUT2D eigenvalue weighted by atomic mass is 32.2. The number of hydrogen-bond donors (Lipinski definition) is 0. The summed E-state index contributed by atoms with van der Waals surface area (Å²) in [4.78, 5) is 0.131. The normalized spacial score (nSPS) is 18.0. The van der Waals surface area contributed by atoms with E-state index in [1.54, 1.807) is 6.33 Å². The Labute approximate surface area is 170 Å². The lowest BCUT2D eigenvalue weighted by atomic mass is 9.96. The van der Waals surface area contributed by atoms with Crippen molar-refractivity contribution in [2.24, 2.45) is 5.92 Å². The molecule has 152 valence electrons. The molecule has 0 spiro atoms. The summed E-state index contributed by atoms with van der Waals surface area (Å²) in [6, 6.07) is 15.1. The summed E-state index contributed by atoms with van der Waals surface area (Å²) in [7, 11) is -3.63. The van der Waals surface area contributed by atoms with Crippen LogP contribution in [0.1, 0.15) is 24.2 Å². The Balaban J connectivity index is 1.46. The Kier molecular flexibility index (Phi) is 5.73. The van der Waals surface area contributed by atoms with Crippen LogP contribution in [0, 0.1) is 11.7 Å². The van der Waals surface area contributed by atoms with Gasteiger partial charge in [-0.3, -0.25) is 0 Å². The maximum Gasteiger partial charge on any atom is 0.243 e. The van der Waals surface area contributed by atoms with Gasteiger partial charge in [0, 0.05) is 19.5 Å². The van der Waals surface area contributed by atoms with E-state index in [0.717, 1.165) is 24.2 Å². The second kappa shape index (κ2) is 8.42. The Morgan fingerprint density at radius 1 is 1.07 bits per heavy atom. The highest BCUT2D eigenvalue weighted by Gasteiger charge is 2.31. The maximum absolute atomic E-state index is 13.2. The third kappa shape index (κ3) is 4.54. The van der Waals surface area contributed by atoms with Crippen molar-refractivity contribution < 1.29 is 12.8 Å². The van der Waals surface area contributed by atoms with E-state index in [4.69, 9.17) is 0 Å². The molecule has 0 amide bonds. The number of benzene rings is 2. The zero-order chi connectivity index (χ0) is 20.3. The number of sulfonamides is 1. The zero-order valence-corrected chi connectivity index (χ0v) is 16.8. The van der Waals surface area contributed by atoms with E-state index in [1.807, 2.05) is 22.8 Å². The summed E-state index contributed by atoms with van der Waals surface area (Å²) in [5, 5.41) is 8.32. The van der Waals surface area contributed by atoms with Crippen LogP contribution in [0.25, 0.3) is 0 Å². The first-order valence-corrected chi connectivity index (χ1v) is 11.1. The van der Waals surface area contributed by atoms with E-state index < -0.39 is 15.8 Å². The van der Waals surface area contributed by atoms with Crippen molar-refractivity contribution in [3.8, 4) is 0 Å². The lowest BCUT2D eigenvalue weighted by molar-refractivity contribution is 0.261. The largest absolute Gasteiger partial charge is 0.313 e. The SMILES string of the molecule is O=S(=O)(c1ccc(F)cc1)N1CCCC(Cc2nncn2Cc2ccccc2)C1. The minimum Gasteiger partial charge on any atom is -0.313 e. The molecule has 2 aromatic carbocycles. The number of nitrogens with zero attached hydrogens (tertiary/aromatic N) is 4. The summed E-state index contributed by atoms with van der Waals surface area (Å²) < 4.78 is 42.5. The lowest BCUT2D eigenvalue weighted by Crippen LogP contribution is -2.40. The van der Waals surface area contributed by atoms with Gasteiger partial charge in [0.1, 0.15) is 18.0 Å². The van der Waals surface area contributed by atoms with Gasteiger partial charge in [-0.05, 0) is 48.6 Å². The average molecular weight is 415 g/mol. The van der Waals surface area contributed by atoms with Gasteiger partial charge in [0.15, 0.2) is 0 Å². The first-order chi connectivity index (χ1) is 14.0. The molecule has 6 nitrogen and oxygen atoms in total. The van der Waals surface area contributed by atoms with E-state index in [0.29, 0.717) is 26.1 Å². The third-order valence-corrected chi connectivity index (χ3v) is 7.18. The van der Waals surface area contributed by atoms with Crippen LogP contribution in [0.4, 0.5) is 4.39 Å². The van der Waals surface area contributed by atoms with Gasteiger partial charge in [0.25, 0.3) is 0 Å². The quantitative estimate of drug-likeness (QED) is 0.622. The molecule has 1 atom stereocenters. The minimum atomic E-state index is -3.63. The van der Waals surface area contributed by atoms with Crippen molar-refractivity contribution in [3.05, 3.63) is 78.1 Å².